The minimum atomic E-state index is -0.170. The number of carbonyl (C=O) groups excluding carboxylic acids is 1. The van der Waals surface area contributed by atoms with Crippen LogP contribution in [0.5, 0.6) is 11.5 Å². The number of nitrogens with zero attached hydrogens (tertiary/aromatic N) is 2. The molecule has 2 heterocycles. The van der Waals surface area contributed by atoms with E-state index in [4.69, 9.17) is 18.9 Å². The molecule has 0 saturated carbocycles. The molecule has 0 atom stereocenters. The molecule has 0 fully saturated rings. The average molecular weight is 420 g/mol. The molecule has 0 N–H and O–H groups in total. The number of hydrogen-bond acceptors (Lipinski definition) is 6. The first-order valence-electron chi connectivity index (χ1n) is 9.22. The van der Waals surface area contributed by atoms with E-state index in [9.17, 15) is 4.79 Å². The van der Waals surface area contributed by atoms with Gasteiger partial charge in [-0.15, -0.1) is 11.3 Å². The summed E-state index contributed by atoms with van der Waals surface area (Å²) >= 11 is 1.31. The van der Waals surface area contributed by atoms with Gasteiger partial charge in [-0.2, -0.15) is 0 Å². The highest BCUT2D eigenvalue weighted by molar-refractivity contribution is 7.17. The van der Waals surface area contributed by atoms with Crippen LogP contribution in [0.1, 0.15) is 9.67 Å². The Labute approximate surface area is 178 Å². The predicted octanol–water partition coefficient (Wildman–Crippen LogP) is 5.36. The molecule has 4 aromatic rings. The van der Waals surface area contributed by atoms with Gasteiger partial charge in [0.05, 0.1) is 26.2 Å². The van der Waals surface area contributed by atoms with Gasteiger partial charge in [-0.25, -0.2) is 4.98 Å². The van der Waals surface area contributed by atoms with Gasteiger partial charge in [0.25, 0.3) is 5.91 Å². The Balaban J connectivity index is 1.76. The average Bonchev–Trinajstić information content (AvgIpc) is 3.48. The number of anilines is 1. The van der Waals surface area contributed by atoms with Crippen LogP contribution in [0, 0.1) is 0 Å². The molecule has 0 spiro atoms. The monoisotopic (exact) mass is 420 g/mol. The summed E-state index contributed by atoms with van der Waals surface area (Å²) in [6.45, 7) is 0. The van der Waals surface area contributed by atoms with Crippen molar-refractivity contribution in [2.45, 2.75) is 0 Å². The lowest BCUT2D eigenvalue weighted by molar-refractivity contribution is 0.0997. The third-order valence-corrected chi connectivity index (χ3v) is 5.72. The molecule has 0 unspecified atom stereocenters. The van der Waals surface area contributed by atoms with Gasteiger partial charge in [0.15, 0.2) is 22.3 Å². The Morgan fingerprint density at radius 1 is 1.00 bits per heavy atom. The summed E-state index contributed by atoms with van der Waals surface area (Å²) < 4.78 is 16.2. The molecule has 2 aromatic heterocycles. The molecular formula is C23H20N2O4S. The van der Waals surface area contributed by atoms with Gasteiger partial charge in [0, 0.05) is 24.4 Å². The molecule has 0 aliphatic carbocycles. The van der Waals surface area contributed by atoms with Gasteiger partial charge in [-0.3, -0.25) is 4.79 Å². The summed E-state index contributed by atoms with van der Waals surface area (Å²) in [5.74, 6) is 1.62. The summed E-state index contributed by atoms with van der Waals surface area (Å²) in [5.41, 5.74) is 2.18. The van der Waals surface area contributed by atoms with Crippen molar-refractivity contribution in [1.82, 2.24) is 4.98 Å². The number of rotatable bonds is 6. The largest absolute Gasteiger partial charge is 0.493 e. The summed E-state index contributed by atoms with van der Waals surface area (Å²) in [6.07, 6.45) is 1.59. The number of hydrogen-bond donors (Lipinski definition) is 0. The van der Waals surface area contributed by atoms with Crippen molar-refractivity contribution in [3.63, 3.8) is 0 Å². The van der Waals surface area contributed by atoms with E-state index in [0.717, 1.165) is 5.56 Å². The quantitative estimate of drug-likeness (QED) is 0.420. The minimum absolute atomic E-state index is 0.170. The fraction of sp³-hybridized carbons (Fsp3) is 0.130. The second-order valence-corrected chi connectivity index (χ2v) is 7.44. The summed E-state index contributed by atoms with van der Waals surface area (Å²) in [6, 6.07) is 18.7. The van der Waals surface area contributed by atoms with Gasteiger partial charge in [0.2, 0.25) is 0 Å². The number of furan rings is 1. The van der Waals surface area contributed by atoms with Crippen molar-refractivity contribution in [3.8, 4) is 33.5 Å². The standard InChI is InChI=1S/C23H20N2O4S/c1-25(16-11-12-17(27-2)19(14-16)28-3)23(26)21-20(15-8-5-4-6-9-15)24-22(30-21)18-10-7-13-29-18/h4-14H,1-3H3. The van der Waals surface area contributed by atoms with Crippen molar-refractivity contribution in [3.05, 3.63) is 71.8 Å². The molecule has 7 heteroatoms. The fourth-order valence-corrected chi connectivity index (χ4v) is 4.10. The van der Waals surface area contributed by atoms with E-state index in [0.29, 0.717) is 38.5 Å². The molecule has 30 heavy (non-hydrogen) atoms. The maximum absolute atomic E-state index is 13.5. The van der Waals surface area contributed by atoms with E-state index in [1.165, 1.54) is 11.3 Å². The normalized spacial score (nSPS) is 10.6. The molecule has 0 aliphatic heterocycles. The van der Waals surface area contributed by atoms with Crippen molar-refractivity contribution < 1.29 is 18.7 Å². The number of thiazole rings is 1. The highest BCUT2D eigenvalue weighted by atomic mass is 32.1. The number of aromatic nitrogens is 1. The fourth-order valence-electron chi connectivity index (χ4n) is 3.07. The molecule has 0 saturated heterocycles. The molecule has 6 nitrogen and oxygen atoms in total. The van der Waals surface area contributed by atoms with Crippen LogP contribution in [0.2, 0.25) is 0 Å². The maximum atomic E-state index is 13.5. The number of carbonyl (C=O) groups is 1. The first-order valence-corrected chi connectivity index (χ1v) is 10.0. The zero-order valence-corrected chi connectivity index (χ0v) is 17.6. The van der Waals surface area contributed by atoms with E-state index < -0.39 is 0 Å². The maximum Gasteiger partial charge on any atom is 0.270 e. The highest BCUT2D eigenvalue weighted by Crippen LogP contribution is 2.36. The first kappa shape index (κ1) is 19.7. The number of benzene rings is 2. The van der Waals surface area contributed by atoms with Crippen molar-refractivity contribution >= 4 is 22.9 Å². The summed E-state index contributed by atoms with van der Waals surface area (Å²) in [4.78, 5) is 20.3. The third-order valence-electron chi connectivity index (χ3n) is 4.66. The lowest BCUT2D eigenvalue weighted by atomic mass is 10.1. The Morgan fingerprint density at radius 2 is 1.77 bits per heavy atom. The summed E-state index contributed by atoms with van der Waals surface area (Å²) in [7, 11) is 4.87. The van der Waals surface area contributed by atoms with E-state index >= 15 is 0 Å². The van der Waals surface area contributed by atoms with Crippen LogP contribution in [0.3, 0.4) is 0 Å². The van der Waals surface area contributed by atoms with Gasteiger partial charge < -0.3 is 18.8 Å². The molecule has 0 aliphatic rings. The first-order chi connectivity index (χ1) is 14.6. The SMILES string of the molecule is COc1ccc(N(C)C(=O)c2sc(-c3ccco3)nc2-c2ccccc2)cc1OC. The van der Waals surface area contributed by atoms with Crippen LogP contribution in [0.15, 0.2) is 71.3 Å². The van der Waals surface area contributed by atoms with E-state index in [2.05, 4.69) is 0 Å². The number of amides is 1. The Kier molecular flexibility index (Phi) is 5.54. The van der Waals surface area contributed by atoms with Crippen molar-refractivity contribution in [2.24, 2.45) is 0 Å². The minimum Gasteiger partial charge on any atom is -0.493 e. The predicted molar refractivity (Wildman–Crippen MR) is 118 cm³/mol. The van der Waals surface area contributed by atoms with Gasteiger partial charge in [0.1, 0.15) is 4.88 Å². The summed E-state index contributed by atoms with van der Waals surface area (Å²) in [5, 5.41) is 0.655. The Hall–Kier alpha value is -3.58. The molecule has 4 rings (SSSR count). The molecule has 2 aromatic carbocycles. The van der Waals surface area contributed by atoms with Crippen LogP contribution in [-0.2, 0) is 0 Å². The lowest BCUT2D eigenvalue weighted by Gasteiger charge is -2.19. The molecular weight excluding hydrogens is 400 g/mol. The third kappa shape index (κ3) is 3.67. The van der Waals surface area contributed by atoms with Crippen molar-refractivity contribution in [1.29, 1.82) is 0 Å². The zero-order valence-electron chi connectivity index (χ0n) is 16.8. The second-order valence-electron chi connectivity index (χ2n) is 6.44. The van der Waals surface area contributed by atoms with Gasteiger partial charge in [-0.05, 0) is 24.3 Å². The van der Waals surface area contributed by atoms with Gasteiger partial charge >= 0.3 is 0 Å². The van der Waals surface area contributed by atoms with Crippen LogP contribution in [-0.4, -0.2) is 32.2 Å². The molecule has 1 amide bonds. The number of methoxy groups -OCH3 is 2. The smallest absolute Gasteiger partial charge is 0.270 e. The Morgan fingerprint density at radius 3 is 2.43 bits per heavy atom. The topological polar surface area (TPSA) is 64.8 Å². The van der Waals surface area contributed by atoms with Crippen molar-refractivity contribution in [2.75, 3.05) is 26.2 Å². The van der Waals surface area contributed by atoms with Gasteiger partial charge in [-0.1, -0.05) is 30.3 Å². The van der Waals surface area contributed by atoms with E-state index in [-0.39, 0.29) is 5.91 Å². The van der Waals surface area contributed by atoms with E-state index in [1.54, 1.807) is 50.6 Å². The van der Waals surface area contributed by atoms with Crippen LogP contribution >= 0.6 is 11.3 Å². The van der Waals surface area contributed by atoms with E-state index in [1.807, 2.05) is 42.5 Å². The van der Waals surface area contributed by atoms with Crippen LogP contribution < -0.4 is 14.4 Å². The molecule has 0 radical (unpaired) electrons. The Bertz CT molecular complexity index is 1150. The molecule has 152 valence electrons. The second kappa shape index (κ2) is 8.42. The number of ether oxygens (including phenoxy) is 2. The van der Waals surface area contributed by atoms with Crippen LogP contribution in [0.25, 0.3) is 22.0 Å². The molecule has 0 bridgehead atoms. The van der Waals surface area contributed by atoms with Crippen LogP contribution in [0.4, 0.5) is 5.69 Å². The zero-order chi connectivity index (χ0) is 21.1. The highest BCUT2D eigenvalue weighted by Gasteiger charge is 2.25. The lowest BCUT2D eigenvalue weighted by Crippen LogP contribution is -2.26.